The summed E-state index contributed by atoms with van der Waals surface area (Å²) in [5, 5.41) is 0. The third kappa shape index (κ3) is 6.95. The van der Waals surface area contributed by atoms with Gasteiger partial charge in [0.25, 0.3) is 0 Å². The molecule has 1 aromatic rings. The molecule has 126 valence electrons. The van der Waals surface area contributed by atoms with Gasteiger partial charge in [-0.1, -0.05) is 71.9 Å². The van der Waals surface area contributed by atoms with Crippen LogP contribution in [0.4, 0.5) is 0 Å². The first kappa shape index (κ1) is 19.2. The van der Waals surface area contributed by atoms with Gasteiger partial charge in [0.15, 0.2) is 9.84 Å². The summed E-state index contributed by atoms with van der Waals surface area (Å²) in [6.45, 7) is 12.8. The molecule has 0 fully saturated rings. The van der Waals surface area contributed by atoms with Crippen molar-refractivity contribution in [3.8, 4) is 0 Å². The van der Waals surface area contributed by atoms with E-state index in [0.29, 0.717) is 5.75 Å². The van der Waals surface area contributed by atoms with Crippen LogP contribution in [-0.4, -0.2) is 19.9 Å². The van der Waals surface area contributed by atoms with Crippen LogP contribution in [0.3, 0.4) is 0 Å². The maximum atomic E-state index is 12.5. The minimum Gasteiger partial charge on any atom is -0.229 e. The van der Waals surface area contributed by atoms with Gasteiger partial charge in [-0.25, -0.2) is 8.42 Å². The van der Waals surface area contributed by atoms with Gasteiger partial charge in [-0.15, -0.1) is 0 Å². The van der Waals surface area contributed by atoms with Crippen molar-refractivity contribution in [3.05, 3.63) is 35.9 Å². The fourth-order valence-corrected chi connectivity index (χ4v) is 4.64. The van der Waals surface area contributed by atoms with E-state index in [-0.39, 0.29) is 22.5 Å². The van der Waals surface area contributed by atoms with E-state index in [1.54, 1.807) is 0 Å². The van der Waals surface area contributed by atoms with Gasteiger partial charge >= 0.3 is 0 Å². The van der Waals surface area contributed by atoms with Gasteiger partial charge in [0.05, 0.1) is 11.5 Å². The largest absolute Gasteiger partial charge is 0.229 e. The normalized spacial score (nSPS) is 14.8. The van der Waals surface area contributed by atoms with Gasteiger partial charge < -0.3 is 0 Å². The molecule has 0 aromatic heterocycles. The zero-order valence-corrected chi connectivity index (χ0v) is 15.8. The fraction of sp³-hybridized carbons (Fsp3) is 0.684. The molecule has 22 heavy (non-hydrogen) atoms. The molecule has 0 saturated heterocycles. The van der Waals surface area contributed by atoms with Crippen molar-refractivity contribution >= 4 is 9.84 Å². The van der Waals surface area contributed by atoms with E-state index in [1.807, 2.05) is 30.3 Å². The molecule has 2 nitrogen and oxygen atoms in total. The summed E-state index contributed by atoms with van der Waals surface area (Å²) in [6, 6.07) is 10.0. The average molecular weight is 325 g/mol. The molecule has 0 bridgehead atoms. The van der Waals surface area contributed by atoms with Crippen molar-refractivity contribution in [1.29, 1.82) is 0 Å². The van der Waals surface area contributed by atoms with E-state index in [2.05, 4.69) is 41.5 Å². The van der Waals surface area contributed by atoms with Gasteiger partial charge in [-0.05, 0) is 29.2 Å². The van der Waals surface area contributed by atoms with Gasteiger partial charge in [-0.3, -0.25) is 0 Å². The summed E-state index contributed by atoms with van der Waals surface area (Å²) in [5.74, 6) is 0.572. The van der Waals surface area contributed by atoms with Crippen LogP contribution in [0.25, 0.3) is 0 Å². The number of benzene rings is 1. The van der Waals surface area contributed by atoms with Gasteiger partial charge in [-0.2, -0.15) is 0 Å². The first-order valence-electron chi connectivity index (χ1n) is 8.16. The lowest BCUT2D eigenvalue weighted by atomic mass is 9.78. The van der Waals surface area contributed by atoms with E-state index >= 15 is 0 Å². The van der Waals surface area contributed by atoms with Crippen LogP contribution in [0.2, 0.25) is 0 Å². The van der Waals surface area contributed by atoms with E-state index < -0.39 is 9.84 Å². The van der Waals surface area contributed by atoms with Crippen LogP contribution in [0.5, 0.6) is 0 Å². The first-order chi connectivity index (χ1) is 9.91. The molecule has 0 heterocycles. The van der Waals surface area contributed by atoms with Crippen LogP contribution in [0, 0.1) is 10.8 Å². The van der Waals surface area contributed by atoms with E-state index in [0.717, 1.165) is 18.4 Å². The van der Waals surface area contributed by atoms with E-state index in [9.17, 15) is 8.42 Å². The van der Waals surface area contributed by atoms with Crippen molar-refractivity contribution in [1.82, 2.24) is 0 Å². The quantitative estimate of drug-likeness (QED) is 0.733. The molecule has 1 rings (SSSR count). The molecular formula is C19H32O2S. The highest BCUT2D eigenvalue weighted by Gasteiger charge is 2.30. The third-order valence-electron chi connectivity index (χ3n) is 4.05. The fourth-order valence-electron chi connectivity index (χ4n) is 2.69. The van der Waals surface area contributed by atoms with E-state index in [1.165, 1.54) is 0 Å². The van der Waals surface area contributed by atoms with Gasteiger partial charge in [0.1, 0.15) is 0 Å². The molecule has 1 atom stereocenters. The Balaban J connectivity index is 2.82. The lowest BCUT2D eigenvalue weighted by Gasteiger charge is -2.31. The predicted molar refractivity (Wildman–Crippen MR) is 96.0 cm³/mol. The third-order valence-corrected chi connectivity index (χ3v) is 5.80. The zero-order chi connectivity index (χ0) is 17.0. The maximum absolute atomic E-state index is 12.5. The van der Waals surface area contributed by atoms with Crippen molar-refractivity contribution < 1.29 is 8.42 Å². The summed E-state index contributed by atoms with van der Waals surface area (Å²) in [5.41, 5.74) is 1.24. The van der Waals surface area contributed by atoms with Crippen LogP contribution in [0.15, 0.2) is 30.3 Å². The second kappa shape index (κ2) is 7.16. The van der Waals surface area contributed by atoms with Crippen molar-refractivity contribution in [2.75, 3.05) is 11.5 Å². The Morgan fingerprint density at radius 1 is 0.955 bits per heavy atom. The maximum Gasteiger partial charge on any atom is 0.150 e. The van der Waals surface area contributed by atoms with Crippen LogP contribution in [0.1, 0.15) is 65.9 Å². The number of hydrogen-bond acceptors (Lipinski definition) is 2. The standard InChI is InChI=1S/C19H32O2S/c1-18(2,3)13-10-14-22(20,21)15-17(19(4,5)6)16-11-8-7-9-12-16/h7-9,11-12,17H,10,13-15H2,1-6H3. The van der Waals surface area contributed by atoms with Crippen molar-refractivity contribution in [2.24, 2.45) is 10.8 Å². The Bertz CT molecular complexity index is 545. The Morgan fingerprint density at radius 2 is 1.50 bits per heavy atom. The summed E-state index contributed by atoms with van der Waals surface area (Å²) in [7, 11) is -3.03. The topological polar surface area (TPSA) is 34.1 Å². The highest BCUT2D eigenvalue weighted by molar-refractivity contribution is 7.91. The first-order valence-corrected chi connectivity index (χ1v) is 9.98. The second-order valence-electron chi connectivity index (χ2n) is 8.61. The van der Waals surface area contributed by atoms with Crippen LogP contribution >= 0.6 is 0 Å². The molecule has 0 amide bonds. The lowest BCUT2D eigenvalue weighted by Crippen LogP contribution is -2.27. The highest BCUT2D eigenvalue weighted by atomic mass is 32.2. The SMILES string of the molecule is CC(C)(C)CCCS(=O)(=O)CC(c1ccccc1)C(C)(C)C. The zero-order valence-electron chi connectivity index (χ0n) is 15.0. The minimum atomic E-state index is -3.03. The molecule has 0 aliphatic rings. The number of rotatable bonds is 6. The highest BCUT2D eigenvalue weighted by Crippen LogP contribution is 2.36. The van der Waals surface area contributed by atoms with Gasteiger partial charge in [0, 0.05) is 5.92 Å². The summed E-state index contributed by atoms with van der Waals surface area (Å²) in [4.78, 5) is 0. The monoisotopic (exact) mass is 324 g/mol. The molecule has 1 unspecified atom stereocenters. The summed E-state index contributed by atoms with van der Waals surface area (Å²) in [6.07, 6.45) is 1.69. The van der Waals surface area contributed by atoms with Crippen LogP contribution < -0.4 is 0 Å². The van der Waals surface area contributed by atoms with Crippen LogP contribution in [-0.2, 0) is 9.84 Å². The molecule has 0 spiro atoms. The molecular weight excluding hydrogens is 292 g/mol. The number of sulfone groups is 1. The lowest BCUT2D eigenvalue weighted by molar-refractivity contribution is 0.339. The molecule has 0 N–H and O–H groups in total. The Labute approximate surface area is 137 Å². The van der Waals surface area contributed by atoms with E-state index in [4.69, 9.17) is 0 Å². The Kier molecular flexibility index (Phi) is 6.26. The average Bonchev–Trinajstić information content (AvgIpc) is 2.34. The molecule has 0 radical (unpaired) electrons. The minimum absolute atomic E-state index is 0.0355. The number of hydrogen-bond donors (Lipinski definition) is 0. The molecule has 0 aliphatic carbocycles. The molecule has 0 saturated carbocycles. The smallest absolute Gasteiger partial charge is 0.150 e. The molecule has 0 aliphatic heterocycles. The van der Waals surface area contributed by atoms with Crippen molar-refractivity contribution in [2.45, 2.75) is 60.3 Å². The molecule has 1 aromatic carbocycles. The molecule has 3 heteroatoms. The Hall–Kier alpha value is -0.830. The summed E-state index contributed by atoms with van der Waals surface area (Å²) >= 11 is 0. The summed E-state index contributed by atoms with van der Waals surface area (Å²) < 4.78 is 25.1. The Morgan fingerprint density at radius 3 is 1.95 bits per heavy atom. The second-order valence-corrected chi connectivity index (χ2v) is 10.8. The predicted octanol–water partition coefficient (Wildman–Crippen LogP) is 5.06. The van der Waals surface area contributed by atoms with Crippen molar-refractivity contribution in [3.63, 3.8) is 0 Å². The van der Waals surface area contributed by atoms with Gasteiger partial charge in [0.2, 0.25) is 0 Å².